The molecule has 0 aromatic carbocycles. The van der Waals surface area contributed by atoms with Crippen molar-refractivity contribution >= 4 is 5.78 Å². The van der Waals surface area contributed by atoms with Crippen molar-refractivity contribution in [1.29, 1.82) is 0 Å². The van der Waals surface area contributed by atoms with Crippen LogP contribution in [0.5, 0.6) is 0 Å². The van der Waals surface area contributed by atoms with Crippen molar-refractivity contribution in [1.82, 2.24) is 0 Å². The number of rotatable bonds is 0. The van der Waals surface area contributed by atoms with Gasteiger partial charge in [-0.1, -0.05) is 0 Å². The van der Waals surface area contributed by atoms with Crippen molar-refractivity contribution in [3.05, 3.63) is 0 Å². The second kappa shape index (κ2) is 2.07. The molecule has 3 fully saturated rings. The van der Waals surface area contributed by atoms with Gasteiger partial charge in [0.05, 0.1) is 0 Å². The van der Waals surface area contributed by atoms with Crippen molar-refractivity contribution in [2.45, 2.75) is 38.2 Å². The molecule has 0 amide bonds. The van der Waals surface area contributed by atoms with E-state index in [0.29, 0.717) is 0 Å². The Morgan fingerprint density at radius 1 is 1.36 bits per heavy atom. The van der Waals surface area contributed by atoms with Crippen LogP contribution in [-0.4, -0.2) is 16.5 Å². The molecule has 62 valence electrons. The molecule has 0 aromatic rings. The van der Waals surface area contributed by atoms with E-state index in [9.17, 15) is 9.90 Å². The van der Waals surface area contributed by atoms with Gasteiger partial charge in [0.25, 0.3) is 0 Å². The Kier molecular flexibility index (Phi) is 1.37. The van der Waals surface area contributed by atoms with Crippen LogP contribution < -0.4 is 0 Å². The van der Waals surface area contributed by atoms with Crippen LogP contribution in [0.3, 0.4) is 0 Å². The zero-order valence-electron chi connectivity index (χ0n) is 6.84. The number of carbonyl (C=O) groups excluding carboxylic acids is 1. The molecule has 11 heavy (non-hydrogen) atoms. The first-order valence-corrected chi connectivity index (χ1v) is 4.39. The number of fused-ring (bicyclic) bond motifs is 3. The molecule has 3 saturated carbocycles. The summed E-state index contributed by atoms with van der Waals surface area (Å²) in [5.74, 6) is 0.523. The van der Waals surface area contributed by atoms with Crippen molar-refractivity contribution in [2.75, 3.05) is 0 Å². The lowest BCUT2D eigenvalue weighted by Gasteiger charge is -2.44. The predicted octanol–water partition coefficient (Wildman–Crippen LogP) is 1.13. The van der Waals surface area contributed by atoms with Gasteiger partial charge in [-0.25, -0.2) is 0 Å². The third-order valence-electron chi connectivity index (χ3n) is 3.39. The highest BCUT2D eigenvalue weighted by Gasteiger charge is 2.49. The number of carbonyl (C=O) groups is 1. The smallest absolute Gasteiger partial charge is 0.167 e. The van der Waals surface area contributed by atoms with E-state index in [4.69, 9.17) is 0 Å². The van der Waals surface area contributed by atoms with Crippen molar-refractivity contribution in [3.8, 4) is 0 Å². The topological polar surface area (TPSA) is 37.3 Å². The first kappa shape index (κ1) is 7.29. The second-order valence-corrected chi connectivity index (χ2v) is 4.06. The summed E-state index contributed by atoms with van der Waals surface area (Å²) < 4.78 is 0. The predicted molar refractivity (Wildman–Crippen MR) is 41.1 cm³/mol. The Balaban J connectivity index is 2.30. The highest BCUT2D eigenvalue weighted by molar-refractivity contribution is 5.90. The fourth-order valence-corrected chi connectivity index (χ4v) is 2.53. The number of aliphatic hydroxyl groups is 1. The van der Waals surface area contributed by atoms with Gasteiger partial charge in [0.15, 0.2) is 5.78 Å². The van der Waals surface area contributed by atoms with Crippen LogP contribution in [0.1, 0.15) is 32.6 Å². The largest absolute Gasteiger partial charge is 0.382 e. The SMILES string of the molecule is C[C@@]1(O)C(=O)C2CCC1CC2. The van der Waals surface area contributed by atoms with Crippen LogP contribution in [0.2, 0.25) is 0 Å². The second-order valence-electron chi connectivity index (χ2n) is 4.06. The van der Waals surface area contributed by atoms with Crippen LogP contribution in [-0.2, 0) is 4.79 Å². The number of hydrogen-bond donors (Lipinski definition) is 1. The van der Waals surface area contributed by atoms with Gasteiger partial charge >= 0.3 is 0 Å². The number of ketones is 1. The zero-order valence-corrected chi connectivity index (χ0v) is 6.84. The maximum Gasteiger partial charge on any atom is 0.167 e. The minimum absolute atomic E-state index is 0.0972. The molecule has 0 aliphatic heterocycles. The van der Waals surface area contributed by atoms with Crippen molar-refractivity contribution < 1.29 is 9.90 Å². The van der Waals surface area contributed by atoms with E-state index >= 15 is 0 Å². The van der Waals surface area contributed by atoms with E-state index in [1.54, 1.807) is 6.92 Å². The molecule has 3 aliphatic carbocycles. The lowest BCUT2D eigenvalue weighted by molar-refractivity contribution is -0.158. The highest BCUT2D eigenvalue weighted by atomic mass is 16.3. The summed E-state index contributed by atoms with van der Waals surface area (Å²) in [5, 5.41) is 9.78. The molecule has 1 atom stereocenters. The zero-order chi connectivity index (χ0) is 8.06. The Morgan fingerprint density at radius 2 is 1.91 bits per heavy atom. The van der Waals surface area contributed by atoms with E-state index in [2.05, 4.69) is 0 Å². The first-order chi connectivity index (χ1) is 5.12. The third-order valence-corrected chi connectivity index (χ3v) is 3.39. The van der Waals surface area contributed by atoms with Gasteiger partial charge in [-0.3, -0.25) is 4.79 Å². The molecular formula is C9H14O2. The van der Waals surface area contributed by atoms with Gasteiger partial charge in [-0.2, -0.15) is 0 Å². The molecular weight excluding hydrogens is 140 g/mol. The summed E-state index contributed by atoms with van der Waals surface area (Å²) in [6.07, 6.45) is 4.12. The lowest BCUT2D eigenvalue weighted by Crippen LogP contribution is -2.53. The summed E-state index contributed by atoms with van der Waals surface area (Å²) >= 11 is 0. The highest BCUT2D eigenvalue weighted by Crippen LogP contribution is 2.44. The van der Waals surface area contributed by atoms with E-state index in [-0.39, 0.29) is 17.6 Å². The van der Waals surface area contributed by atoms with E-state index < -0.39 is 5.60 Å². The van der Waals surface area contributed by atoms with Gasteiger partial charge in [-0.05, 0) is 38.5 Å². The van der Waals surface area contributed by atoms with Crippen LogP contribution in [0.25, 0.3) is 0 Å². The fourth-order valence-electron chi connectivity index (χ4n) is 2.53. The van der Waals surface area contributed by atoms with Crippen LogP contribution in [0.15, 0.2) is 0 Å². The summed E-state index contributed by atoms with van der Waals surface area (Å²) in [4.78, 5) is 11.5. The minimum atomic E-state index is -0.985. The van der Waals surface area contributed by atoms with Crippen molar-refractivity contribution in [2.24, 2.45) is 11.8 Å². The standard InChI is InChI=1S/C9H14O2/c1-9(11)7-4-2-6(3-5-7)8(9)10/h6-7,11H,2-5H2,1H3/t6?,7?,9-/m0/s1. The van der Waals surface area contributed by atoms with Gasteiger partial charge < -0.3 is 5.11 Å². The van der Waals surface area contributed by atoms with Crippen LogP contribution in [0.4, 0.5) is 0 Å². The quantitative estimate of drug-likeness (QED) is 0.568. The Morgan fingerprint density at radius 3 is 2.18 bits per heavy atom. The van der Waals surface area contributed by atoms with Gasteiger partial charge in [0.1, 0.15) is 5.60 Å². The van der Waals surface area contributed by atoms with Gasteiger partial charge in [-0.15, -0.1) is 0 Å². The van der Waals surface area contributed by atoms with Crippen LogP contribution >= 0.6 is 0 Å². The molecule has 3 aliphatic rings. The molecule has 0 aromatic heterocycles. The molecule has 0 radical (unpaired) electrons. The molecule has 2 bridgehead atoms. The monoisotopic (exact) mass is 154 g/mol. The van der Waals surface area contributed by atoms with Crippen molar-refractivity contribution in [3.63, 3.8) is 0 Å². The number of hydrogen-bond acceptors (Lipinski definition) is 2. The van der Waals surface area contributed by atoms with Gasteiger partial charge in [0, 0.05) is 5.92 Å². The van der Waals surface area contributed by atoms with Crippen LogP contribution in [0, 0.1) is 11.8 Å². The molecule has 0 spiro atoms. The maximum absolute atomic E-state index is 11.5. The normalized spacial score (nSPS) is 49.8. The fraction of sp³-hybridized carbons (Fsp3) is 0.889. The molecule has 0 unspecified atom stereocenters. The number of Topliss-reactive ketones (excluding diaryl/α,β-unsaturated/α-hetero) is 1. The molecule has 3 rings (SSSR count). The van der Waals surface area contributed by atoms with Gasteiger partial charge in [0.2, 0.25) is 0 Å². The first-order valence-electron chi connectivity index (χ1n) is 4.39. The Hall–Kier alpha value is -0.370. The maximum atomic E-state index is 11.5. The lowest BCUT2D eigenvalue weighted by atomic mass is 9.62. The van der Waals surface area contributed by atoms with E-state index in [1.165, 1.54) is 0 Å². The molecule has 1 N–H and O–H groups in total. The average molecular weight is 154 g/mol. The Bertz CT molecular complexity index is 188. The summed E-state index contributed by atoms with van der Waals surface area (Å²) in [6, 6.07) is 0. The Labute approximate surface area is 66.6 Å². The average Bonchev–Trinajstić information content (AvgIpc) is 2.01. The molecule has 2 heteroatoms. The third kappa shape index (κ3) is 0.853. The van der Waals surface area contributed by atoms with E-state index in [0.717, 1.165) is 25.7 Å². The summed E-state index contributed by atoms with van der Waals surface area (Å²) in [5.41, 5.74) is -0.985. The summed E-state index contributed by atoms with van der Waals surface area (Å²) in [6.45, 7) is 1.69. The molecule has 2 nitrogen and oxygen atoms in total. The molecule has 0 saturated heterocycles. The van der Waals surface area contributed by atoms with E-state index in [1.807, 2.05) is 0 Å². The molecule has 0 heterocycles. The minimum Gasteiger partial charge on any atom is -0.382 e. The summed E-state index contributed by atoms with van der Waals surface area (Å²) in [7, 11) is 0.